The first-order valence-corrected chi connectivity index (χ1v) is 5.96. The molecule has 17 heavy (non-hydrogen) atoms. The molecule has 0 bridgehead atoms. The van der Waals surface area contributed by atoms with Gasteiger partial charge in [0.1, 0.15) is 18.5 Å². The van der Waals surface area contributed by atoms with Crippen molar-refractivity contribution in [2.24, 2.45) is 5.92 Å². The number of carbonyl (C=O) groups is 1. The number of esters is 1. The highest BCUT2D eigenvalue weighted by atomic mass is 35.5. The van der Waals surface area contributed by atoms with Gasteiger partial charge in [-0.1, -0.05) is 37.6 Å². The Hall–Kier alpha value is -1.22. The smallest absolute Gasteiger partial charge is 0.308 e. The summed E-state index contributed by atoms with van der Waals surface area (Å²) >= 11 is 5.93. The van der Waals surface area contributed by atoms with Gasteiger partial charge >= 0.3 is 5.97 Å². The van der Waals surface area contributed by atoms with Crippen molar-refractivity contribution in [1.29, 1.82) is 0 Å². The fraction of sp³-hybridized carbons (Fsp3) is 0.462. The molecule has 0 saturated heterocycles. The van der Waals surface area contributed by atoms with Gasteiger partial charge in [0.25, 0.3) is 0 Å². The normalized spacial score (nSPS) is 12.3. The minimum Gasteiger partial charge on any atom is -0.488 e. The number of halogens is 1. The van der Waals surface area contributed by atoms with Crippen LogP contribution in [0.25, 0.3) is 0 Å². The molecule has 0 aliphatic heterocycles. The zero-order chi connectivity index (χ0) is 12.8. The lowest BCUT2D eigenvalue weighted by Crippen LogP contribution is -2.24. The summed E-state index contributed by atoms with van der Waals surface area (Å²) in [4.78, 5) is 11.3. The molecule has 0 fully saturated rings. The molecule has 0 saturated carbocycles. The molecule has 94 valence electrons. The zero-order valence-electron chi connectivity index (χ0n) is 10.3. The molecule has 0 aliphatic carbocycles. The number of ether oxygens (including phenoxy) is 2. The second-order valence-electron chi connectivity index (χ2n) is 4.14. The lowest BCUT2D eigenvalue weighted by Gasteiger charge is -2.16. The SMILES string of the molecule is CC(C)C(=O)O[C@@H](C)COc1ccccc1Cl. The van der Waals surface area contributed by atoms with E-state index >= 15 is 0 Å². The largest absolute Gasteiger partial charge is 0.488 e. The van der Waals surface area contributed by atoms with E-state index in [2.05, 4.69) is 0 Å². The third-order valence-electron chi connectivity index (χ3n) is 2.10. The first kappa shape index (κ1) is 13.8. The van der Waals surface area contributed by atoms with Crippen molar-refractivity contribution in [3.05, 3.63) is 29.3 Å². The maximum absolute atomic E-state index is 11.3. The monoisotopic (exact) mass is 256 g/mol. The van der Waals surface area contributed by atoms with E-state index in [1.807, 2.05) is 12.1 Å². The molecular formula is C13H17ClO3. The Morgan fingerprint density at radius 2 is 1.94 bits per heavy atom. The number of hydrogen-bond acceptors (Lipinski definition) is 3. The molecule has 1 aromatic carbocycles. The minimum absolute atomic E-state index is 0.127. The quantitative estimate of drug-likeness (QED) is 0.759. The summed E-state index contributed by atoms with van der Waals surface area (Å²) < 4.78 is 10.6. The maximum atomic E-state index is 11.3. The number of para-hydroxylation sites is 1. The summed E-state index contributed by atoms with van der Waals surface area (Å²) in [5, 5.41) is 0.551. The standard InChI is InChI=1S/C13H17ClO3/c1-9(2)13(15)17-10(3)8-16-12-7-5-4-6-11(12)14/h4-7,9-10H,8H2,1-3H3/t10-/m0/s1. The van der Waals surface area contributed by atoms with Crippen LogP contribution in [0.4, 0.5) is 0 Å². The van der Waals surface area contributed by atoms with Crippen molar-refractivity contribution in [2.45, 2.75) is 26.9 Å². The first-order chi connectivity index (χ1) is 8.00. The predicted molar refractivity (Wildman–Crippen MR) is 67.3 cm³/mol. The minimum atomic E-state index is -0.291. The fourth-order valence-corrected chi connectivity index (χ4v) is 1.33. The van der Waals surface area contributed by atoms with Gasteiger partial charge in [0.05, 0.1) is 10.9 Å². The number of carbonyl (C=O) groups excluding carboxylic acids is 1. The molecule has 0 amide bonds. The van der Waals surface area contributed by atoms with Crippen molar-refractivity contribution in [2.75, 3.05) is 6.61 Å². The highest BCUT2D eigenvalue weighted by Crippen LogP contribution is 2.23. The summed E-state index contributed by atoms with van der Waals surface area (Å²) in [5.41, 5.74) is 0. The summed E-state index contributed by atoms with van der Waals surface area (Å²) in [7, 11) is 0. The lowest BCUT2D eigenvalue weighted by atomic mass is 10.2. The van der Waals surface area contributed by atoms with Crippen molar-refractivity contribution in [3.63, 3.8) is 0 Å². The zero-order valence-corrected chi connectivity index (χ0v) is 11.0. The summed E-state index contributed by atoms with van der Waals surface area (Å²) in [5.74, 6) is 0.250. The summed E-state index contributed by atoms with van der Waals surface area (Å²) in [6, 6.07) is 7.20. The van der Waals surface area contributed by atoms with Crippen LogP contribution in [-0.2, 0) is 9.53 Å². The second kappa shape index (κ2) is 6.50. The van der Waals surface area contributed by atoms with Crippen LogP contribution >= 0.6 is 11.6 Å². The van der Waals surface area contributed by atoms with Crippen molar-refractivity contribution in [3.8, 4) is 5.75 Å². The van der Waals surface area contributed by atoms with Crippen LogP contribution in [0.5, 0.6) is 5.75 Å². The van der Waals surface area contributed by atoms with E-state index < -0.39 is 0 Å². The molecule has 0 aliphatic rings. The van der Waals surface area contributed by atoms with Crippen molar-refractivity contribution < 1.29 is 14.3 Å². The van der Waals surface area contributed by atoms with Crippen LogP contribution in [-0.4, -0.2) is 18.7 Å². The van der Waals surface area contributed by atoms with E-state index in [-0.39, 0.29) is 18.0 Å². The van der Waals surface area contributed by atoms with Crippen LogP contribution in [0.2, 0.25) is 5.02 Å². The van der Waals surface area contributed by atoms with Crippen molar-refractivity contribution in [1.82, 2.24) is 0 Å². The third-order valence-corrected chi connectivity index (χ3v) is 2.41. The Bertz CT molecular complexity index is 377. The average molecular weight is 257 g/mol. The van der Waals surface area contributed by atoms with Gasteiger partial charge in [-0.05, 0) is 19.1 Å². The van der Waals surface area contributed by atoms with Gasteiger partial charge in [-0.3, -0.25) is 4.79 Å². The molecule has 0 unspecified atom stereocenters. The van der Waals surface area contributed by atoms with Gasteiger partial charge < -0.3 is 9.47 Å². The van der Waals surface area contributed by atoms with E-state index in [4.69, 9.17) is 21.1 Å². The number of benzene rings is 1. The highest BCUT2D eigenvalue weighted by Gasteiger charge is 2.13. The van der Waals surface area contributed by atoms with Gasteiger partial charge in [0.2, 0.25) is 0 Å². The van der Waals surface area contributed by atoms with Gasteiger partial charge in [0, 0.05) is 0 Å². The molecule has 1 atom stereocenters. The molecule has 1 aromatic rings. The van der Waals surface area contributed by atoms with Gasteiger partial charge in [-0.25, -0.2) is 0 Å². The number of hydrogen-bond donors (Lipinski definition) is 0. The average Bonchev–Trinajstić information content (AvgIpc) is 2.27. The summed E-state index contributed by atoms with van der Waals surface area (Å²) in [6.07, 6.45) is -0.291. The first-order valence-electron chi connectivity index (χ1n) is 5.58. The second-order valence-corrected chi connectivity index (χ2v) is 4.55. The molecule has 1 rings (SSSR count). The Labute approximate surface area is 107 Å². The predicted octanol–water partition coefficient (Wildman–Crippen LogP) is 3.31. The van der Waals surface area contributed by atoms with Crippen molar-refractivity contribution >= 4 is 17.6 Å². The molecule has 4 heteroatoms. The van der Waals surface area contributed by atoms with Gasteiger partial charge in [-0.2, -0.15) is 0 Å². The van der Waals surface area contributed by atoms with E-state index in [0.29, 0.717) is 17.4 Å². The molecule has 0 heterocycles. The molecule has 0 radical (unpaired) electrons. The summed E-state index contributed by atoms with van der Waals surface area (Å²) in [6.45, 7) is 5.67. The fourth-order valence-electron chi connectivity index (χ4n) is 1.14. The Morgan fingerprint density at radius 3 is 2.53 bits per heavy atom. The maximum Gasteiger partial charge on any atom is 0.308 e. The molecule has 3 nitrogen and oxygen atoms in total. The van der Waals surface area contributed by atoms with Crippen LogP contribution in [0, 0.1) is 5.92 Å². The number of rotatable bonds is 5. The molecular weight excluding hydrogens is 240 g/mol. The Morgan fingerprint density at radius 1 is 1.29 bits per heavy atom. The van der Waals surface area contributed by atoms with Gasteiger partial charge in [-0.15, -0.1) is 0 Å². The third kappa shape index (κ3) is 4.65. The molecule has 0 spiro atoms. The van der Waals surface area contributed by atoms with E-state index in [1.54, 1.807) is 32.9 Å². The molecule has 0 aromatic heterocycles. The Balaban J connectivity index is 2.41. The van der Waals surface area contributed by atoms with E-state index in [9.17, 15) is 4.79 Å². The van der Waals surface area contributed by atoms with E-state index in [1.165, 1.54) is 0 Å². The lowest BCUT2D eigenvalue weighted by molar-refractivity contribution is -0.153. The van der Waals surface area contributed by atoms with Gasteiger partial charge in [0.15, 0.2) is 0 Å². The van der Waals surface area contributed by atoms with Crippen LogP contribution in [0.3, 0.4) is 0 Å². The topological polar surface area (TPSA) is 35.5 Å². The van der Waals surface area contributed by atoms with E-state index in [0.717, 1.165) is 0 Å². The molecule has 0 N–H and O–H groups in total. The van der Waals surface area contributed by atoms with Crippen LogP contribution < -0.4 is 4.74 Å². The van der Waals surface area contributed by atoms with Crippen LogP contribution in [0.15, 0.2) is 24.3 Å². The Kier molecular flexibility index (Phi) is 5.29. The highest BCUT2D eigenvalue weighted by molar-refractivity contribution is 6.32. The van der Waals surface area contributed by atoms with Crippen LogP contribution in [0.1, 0.15) is 20.8 Å².